The number of carbonyl (C=O) groups excluding carboxylic acids is 1. The normalized spacial score (nSPS) is 11.3. The van der Waals surface area contributed by atoms with Gasteiger partial charge in [0.05, 0.1) is 17.7 Å². The van der Waals surface area contributed by atoms with Crippen molar-refractivity contribution in [3.05, 3.63) is 88.9 Å². The fourth-order valence-electron chi connectivity index (χ4n) is 3.17. The van der Waals surface area contributed by atoms with Gasteiger partial charge in [-0.1, -0.05) is 35.9 Å². The number of carbonyl (C=O) groups is 1. The highest BCUT2D eigenvalue weighted by atomic mass is 35.5. The fourth-order valence-corrected chi connectivity index (χ4v) is 4.31. The number of nitrogens with zero attached hydrogens (tertiary/aromatic N) is 2. The first-order chi connectivity index (χ1) is 16.2. The Morgan fingerprint density at radius 3 is 2.09 bits per heavy atom. The molecule has 3 aromatic carbocycles. The third kappa shape index (κ3) is 6.72. The van der Waals surface area contributed by atoms with Gasteiger partial charge in [0.1, 0.15) is 16.4 Å². The maximum absolute atomic E-state index is 13.1. The standard InChI is InChI=1S/C25H27ClN2O5S/c1-27(2)16-17-28(25(29)23-6-4-5-7-24(23)26)18-19-8-10-21(11-9-19)33-34(30,31)22-14-12-20(32-3)13-15-22/h4-15H,16-18H2,1-3H3. The SMILES string of the molecule is COc1ccc(S(=O)(=O)Oc2ccc(CN(CCN(C)C)C(=O)c3ccccc3Cl)cc2)cc1. The molecule has 34 heavy (non-hydrogen) atoms. The third-order valence-electron chi connectivity index (χ3n) is 5.06. The van der Waals surface area contributed by atoms with Crippen molar-refractivity contribution in [3.63, 3.8) is 0 Å². The number of hydrogen-bond acceptors (Lipinski definition) is 6. The molecule has 0 spiro atoms. The first kappa shape index (κ1) is 25.6. The van der Waals surface area contributed by atoms with Crippen molar-refractivity contribution < 1.29 is 22.1 Å². The van der Waals surface area contributed by atoms with Crippen molar-refractivity contribution in [2.45, 2.75) is 11.4 Å². The van der Waals surface area contributed by atoms with Crippen LogP contribution in [-0.4, -0.2) is 58.4 Å². The van der Waals surface area contributed by atoms with E-state index in [0.29, 0.717) is 36.0 Å². The lowest BCUT2D eigenvalue weighted by atomic mass is 10.1. The average Bonchev–Trinajstić information content (AvgIpc) is 2.82. The van der Waals surface area contributed by atoms with Crippen molar-refractivity contribution in [3.8, 4) is 11.5 Å². The van der Waals surface area contributed by atoms with Crippen LogP contribution in [0.5, 0.6) is 11.5 Å². The van der Waals surface area contributed by atoms with Gasteiger partial charge in [-0.25, -0.2) is 0 Å². The molecule has 0 saturated carbocycles. The van der Waals surface area contributed by atoms with E-state index in [4.69, 9.17) is 20.5 Å². The molecular weight excluding hydrogens is 476 g/mol. The molecule has 0 aliphatic rings. The lowest BCUT2D eigenvalue weighted by Gasteiger charge is -2.25. The summed E-state index contributed by atoms with van der Waals surface area (Å²) in [6.07, 6.45) is 0. The van der Waals surface area contributed by atoms with Crippen molar-refractivity contribution in [1.82, 2.24) is 9.80 Å². The van der Waals surface area contributed by atoms with E-state index in [1.165, 1.54) is 19.2 Å². The molecule has 3 rings (SSSR count). The van der Waals surface area contributed by atoms with E-state index in [1.807, 2.05) is 19.0 Å². The number of amides is 1. The number of halogens is 1. The maximum Gasteiger partial charge on any atom is 0.339 e. The zero-order valence-electron chi connectivity index (χ0n) is 19.3. The van der Waals surface area contributed by atoms with Crippen LogP contribution in [0.1, 0.15) is 15.9 Å². The Morgan fingerprint density at radius 2 is 1.50 bits per heavy atom. The minimum absolute atomic E-state index is 0.0255. The second kappa shape index (κ2) is 11.4. The van der Waals surface area contributed by atoms with Gasteiger partial charge in [0.2, 0.25) is 0 Å². The van der Waals surface area contributed by atoms with Gasteiger partial charge >= 0.3 is 10.1 Å². The Balaban J connectivity index is 1.74. The van der Waals surface area contributed by atoms with Gasteiger partial charge in [-0.2, -0.15) is 8.42 Å². The number of methoxy groups -OCH3 is 1. The van der Waals surface area contributed by atoms with Crippen LogP contribution in [-0.2, 0) is 16.7 Å². The molecule has 1 amide bonds. The molecule has 0 atom stereocenters. The second-order valence-electron chi connectivity index (χ2n) is 7.87. The van der Waals surface area contributed by atoms with Crippen LogP contribution in [0, 0.1) is 0 Å². The summed E-state index contributed by atoms with van der Waals surface area (Å²) in [6.45, 7) is 1.52. The highest BCUT2D eigenvalue weighted by Crippen LogP contribution is 2.23. The average molecular weight is 503 g/mol. The molecule has 180 valence electrons. The Kier molecular flexibility index (Phi) is 8.55. The zero-order chi connectivity index (χ0) is 24.7. The number of ether oxygens (including phenoxy) is 1. The lowest BCUT2D eigenvalue weighted by molar-refractivity contribution is 0.0732. The van der Waals surface area contributed by atoms with Gasteiger partial charge in [-0.15, -0.1) is 0 Å². The third-order valence-corrected chi connectivity index (χ3v) is 6.65. The molecule has 0 aliphatic carbocycles. The van der Waals surface area contributed by atoms with Gasteiger partial charge in [-0.3, -0.25) is 4.79 Å². The van der Waals surface area contributed by atoms with E-state index >= 15 is 0 Å². The van der Waals surface area contributed by atoms with Crippen LogP contribution < -0.4 is 8.92 Å². The molecular formula is C25H27ClN2O5S. The van der Waals surface area contributed by atoms with E-state index < -0.39 is 10.1 Å². The number of likely N-dealkylation sites (N-methyl/N-ethyl adjacent to an activating group) is 1. The van der Waals surface area contributed by atoms with Crippen molar-refractivity contribution in [1.29, 1.82) is 0 Å². The molecule has 0 fully saturated rings. The van der Waals surface area contributed by atoms with Crippen LogP contribution in [0.3, 0.4) is 0 Å². The fraction of sp³-hybridized carbons (Fsp3) is 0.240. The summed E-state index contributed by atoms with van der Waals surface area (Å²) in [5, 5.41) is 0.398. The predicted octanol–water partition coefficient (Wildman–Crippen LogP) is 4.32. The maximum atomic E-state index is 13.1. The topological polar surface area (TPSA) is 76.2 Å². The van der Waals surface area contributed by atoms with Gasteiger partial charge in [-0.05, 0) is 68.2 Å². The van der Waals surface area contributed by atoms with Gasteiger partial charge in [0, 0.05) is 19.6 Å². The van der Waals surface area contributed by atoms with Crippen LogP contribution in [0.4, 0.5) is 0 Å². The van der Waals surface area contributed by atoms with Crippen molar-refractivity contribution >= 4 is 27.6 Å². The van der Waals surface area contributed by atoms with E-state index in [-0.39, 0.29) is 16.6 Å². The molecule has 0 bridgehead atoms. The summed E-state index contributed by atoms with van der Waals surface area (Å²) >= 11 is 6.24. The second-order valence-corrected chi connectivity index (χ2v) is 9.82. The van der Waals surface area contributed by atoms with E-state index in [1.54, 1.807) is 65.6 Å². The Bertz CT molecular complexity index is 1210. The van der Waals surface area contributed by atoms with E-state index in [2.05, 4.69) is 0 Å². The highest BCUT2D eigenvalue weighted by molar-refractivity contribution is 7.87. The quantitative estimate of drug-likeness (QED) is 0.384. The van der Waals surface area contributed by atoms with Crippen molar-refractivity contribution in [2.75, 3.05) is 34.3 Å². The molecule has 0 unspecified atom stereocenters. The van der Waals surface area contributed by atoms with Gasteiger partial charge in [0.25, 0.3) is 5.91 Å². The molecule has 7 nitrogen and oxygen atoms in total. The first-order valence-corrected chi connectivity index (χ1v) is 12.3. The Labute approximate surface area is 205 Å². The Morgan fingerprint density at radius 1 is 0.882 bits per heavy atom. The predicted molar refractivity (Wildman–Crippen MR) is 132 cm³/mol. The van der Waals surface area contributed by atoms with Crippen LogP contribution in [0.2, 0.25) is 5.02 Å². The van der Waals surface area contributed by atoms with E-state index in [9.17, 15) is 13.2 Å². The zero-order valence-corrected chi connectivity index (χ0v) is 20.8. The molecule has 3 aromatic rings. The summed E-state index contributed by atoms with van der Waals surface area (Å²) in [4.78, 5) is 16.9. The molecule has 0 aromatic heterocycles. The summed E-state index contributed by atoms with van der Waals surface area (Å²) in [6, 6.07) is 19.5. The smallest absolute Gasteiger partial charge is 0.339 e. The Hall–Kier alpha value is -3.07. The number of benzene rings is 3. The first-order valence-electron chi connectivity index (χ1n) is 10.6. The van der Waals surface area contributed by atoms with Gasteiger partial charge in [0.15, 0.2) is 0 Å². The van der Waals surface area contributed by atoms with Gasteiger partial charge < -0.3 is 18.7 Å². The minimum Gasteiger partial charge on any atom is -0.497 e. The largest absolute Gasteiger partial charge is 0.497 e. The molecule has 0 N–H and O–H groups in total. The number of hydrogen-bond donors (Lipinski definition) is 0. The minimum atomic E-state index is -3.99. The van der Waals surface area contributed by atoms with Crippen LogP contribution in [0.25, 0.3) is 0 Å². The summed E-state index contributed by atoms with van der Waals surface area (Å²) < 4.78 is 35.4. The summed E-state index contributed by atoms with van der Waals surface area (Å²) in [7, 11) is 1.39. The van der Waals surface area contributed by atoms with Crippen molar-refractivity contribution in [2.24, 2.45) is 0 Å². The summed E-state index contributed by atoms with van der Waals surface area (Å²) in [5.41, 5.74) is 1.27. The molecule has 9 heteroatoms. The molecule has 0 radical (unpaired) electrons. The lowest BCUT2D eigenvalue weighted by Crippen LogP contribution is -2.36. The van der Waals surface area contributed by atoms with E-state index in [0.717, 1.165) is 5.56 Å². The molecule has 0 saturated heterocycles. The molecule has 0 heterocycles. The van der Waals surface area contributed by atoms with Crippen LogP contribution >= 0.6 is 11.6 Å². The number of rotatable bonds is 10. The summed E-state index contributed by atoms with van der Waals surface area (Å²) in [5.74, 6) is 0.556. The molecule has 0 aliphatic heterocycles. The monoisotopic (exact) mass is 502 g/mol. The highest BCUT2D eigenvalue weighted by Gasteiger charge is 2.20. The van der Waals surface area contributed by atoms with Crippen LogP contribution in [0.15, 0.2) is 77.7 Å².